The van der Waals surface area contributed by atoms with E-state index in [9.17, 15) is 9.59 Å². The van der Waals surface area contributed by atoms with Gasteiger partial charge in [0.05, 0.1) is 22.8 Å². The van der Waals surface area contributed by atoms with Gasteiger partial charge in [0.1, 0.15) is 0 Å². The average molecular weight is 444 g/mol. The molecule has 0 spiro atoms. The van der Waals surface area contributed by atoms with E-state index in [1.54, 1.807) is 28.9 Å². The molecule has 0 aliphatic carbocycles. The molecule has 5 rings (SSSR count). The molecule has 4 heterocycles. The second-order valence-electron chi connectivity index (χ2n) is 8.27. The highest BCUT2D eigenvalue weighted by Gasteiger charge is 2.31. The Labute approximate surface area is 190 Å². The summed E-state index contributed by atoms with van der Waals surface area (Å²) >= 11 is 0. The molecule has 0 unspecified atom stereocenters. The summed E-state index contributed by atoms with van der Waals surface area (Å²) in [5.74, 6) is 0.225. The zero-order chi connectivity index (χ0) is 23.1. The van der Waals surface area contributed by atoms with Crippen molar-refractivity contribution >= 4 is 22.7 Å². The summed E-state index contributed by atoms with van der Waals surface area (Å²) in [6.45, 7) is 3.02. The van der Waals surface area contributed by atoms with Gasteiger partial charge >= 0.3 is 0 Å². The first-order valence-electron chi connectivity index (χ1n) is 10.8. The topological polar surface area (TPSA) is 106 Å². The molecule has 0 radical (unpaired) electrons. The Morgan fingerprint density at radius 1 is 1.21 bits per heavy atom. The molecule has 9 heteroatoms. The van der Waals surface area contributed by atoms with Crippen molar-refractivity contribution < 1.29 is 14.1 Å². The fourth-order valence-corrected chi connectivity index (χ4v) is 4.32. The lowest BCUT2D eigenvalue weighted by molar-refractivity contribution is 0.0780. The molecule has 1 fully saturated rings. The van der Waals surface area contributed by atoms with Crippen LogP contribution in [0.1, 0.15) is 44.6 Å². The number of fused-ring (bicyclic) bond motifs is 1. The molecule has 0 bridgehead atoms. The number of nitrogens with zero attached hydrogens (tertiary/aromatic N) is 5. The van der Waals surface area contributed by atoms with Crippen LogP contribution in [-0.4, -0.2) is 56.8 Å². The molecular weight excluding hydrogens is 420 g/mol. The number of para-hydroxylation sites is 1. The highest BCUT2D eigenvalue weighted by Crippen LogP contribution is 2.31. The lowest BCUT2D eigenvalue weighted by Gasteiger charge is -2.16. The molecule has 9 nitrogen and oxygen atoms in total. The first-order valence-corrected chi connectivity index (χ1v) is 10.8. The van der Waals surface area contributed by atoms with Crippen LogP contribution in [0.15, 0.2) is 47.1 Å². The highest BCUT2D eigenvalue weighted by molar-refractivity contribution is 6.06. The summed E-state index contributed by atoms with van der Waals surface area (Å²) in [7, 11) is 3.47. The van der Waals surface area contributed by atoms with Crippen molar-refractivity contribution in [3.63, 3.8) is 0 Å². The van der Waals surface area contributed by atoms with Gasteiger partial charge in [0, 0.05) is 55.9 Å². The van der Waals surface area contributed by atoms with Crippen LogP contribution in [0.25, 0.3) is 22.2 Å². The standard InChI is InChI=1S/C24H24N6O3/c1-14-18(12-26-29(14)3)22-11-21(28-33-22)24(32)30-9-8-15(13-30)20-10-17(23(31)25-2)16-6-4-5-7-19(16)27-20/h4-7,10-12,15H,8-9,13H2,1-3H3,(H,25,31)/t15-/m1/s1. The van der Waals surface area contributed by atoms with Crippen LogP contribution >= 0.6 is 0 Å². The number of aromatic nitrogens is 4. The number of pyridine rings is 1. The van der Waals surface area contributed by atoms with Crippen LogP contribution in [0.2, 0.25) is 0 Å². The van der Waals surface area contributed by atoms with Gasteiger partial charge < -0.3 is 14.7 Å². The van der Waals surface area contributed by atoms with Crippen molar-refractivity contribution in [3.05, 3.63) is 65.2 Å². The van der Waals surface area contributed by atoms with Crippen molar-refractivity contribution in [3.8, 4) is 11.3 Å². The highest BCUT2D eigenvalue weighted by atomic mass is 16.5. The van der Waals surface area contributed by atoms with E-state index < -0.39 is 0 Å². The lowest BCUT2D eigenvalue weighted by Crippen LogP contribution is -2.28. The smallest absolute Gasteiger partial charge is 0.276 e. The fourth-order valence-electron chi connectivity index (χ4n) is 4.32. The number of hydrogen-bond donors (Lipinski definition) is 1. The third-order valence-corrected chi connectivity index (χ3v) is 6.33. The molecule has 3 aromatic heterocycles. The second-order valence-corrected chi connectivity index (χ2v) is 8.27. The van der Waals surface area contributed by atoms with Gasteiger partial charge in [-0.2, -0.15) is 5.10 Å². The number of benzene rings is 1. The minimum absolute atomic E-state index is 0.0360. The summed E-state index contributed by atoms with van der Waals surface area (Å²) < 4.78 is 7.18. The Morgan fingerprint density at radius 2 is 2.03 bits per heavy atom. The van der Waals surface area contributed by atoms with E-state index in [0.29, 0.717) is 24.4 Å². The van der Waals surface area contributed by atoms with Crippen LogP contribution in [0, 0.1) is 6.92 Å². The third-order valence-electron chi connectivity index (χ3n) is 6.33. The molecule has 33 heavy (non-hydrogen) atoms. The van der Waals surface area contributed by atoms with E-state index in [-0.39, 0.29) is 23.4 Å². The maximum absolute atomic E-state index is 13.1. The van der Waals surface area contributed by atoms with E-state index in [1.165, 1.54) is 0 Å². The van der Waals surface area contributed by atoms with Crippen molar-refractivity contribution in [2.24, 2.45) is 7.05 Å². The summed E-state index contributed by atoms with van der Waals surface area (Å²) in [4.78, 5) is 32.1. The van der Waals surface area contributed by atoms with Gasteiger partial charge in [-0.3, -0.25) is 19.3 Å². The fraction of sp³-hybridized carbons (Fsp3) is 0.292. The number of amides is 2. The Bertz CT molecular complexity index is 1370. The van der Waals surface area contributed by atoms with Gasteiger partial charge in [-0.1, -0.05) is 23.4 Å². The SMILES string of the molecule is CNC(=O)c1cc([C@@H]2CCN(C(=O)c3cc(-c4cnn(C)c4C)on3)C2)nc2ccccc12. The minimum atomic E-state index is -0.179. The van der Waals surface area contributed by atoms with Gasteiger partial charge in [0.2, 0.25) is 0 Å². The number of hydrogen-bond acceptors (Lipinski definition) is 6. The molecule has 1 aromatic carbocycles. The van der Waals surface area contributed by atoms with Crippen LogP contribution < -0.4 is 5.32 Å². The first kappa shape index (κ1) is 20.9. The second kappa shape index (κ2) is 8.16. The Balaban J connectivity index is 1.38. The average Bonchev–Trinajstić information content (AvgIpc) is 3.58. The van der Waals surface area contributed by atoms with Crippen LogP contribution in [0.4, 0.5) is 0 Å². The number of nitrogens with one attached hydrogen (secondary N) is 1. The Morgan fingerprint density at radius 3 is 2.79 bits per heavy atom. The van der Waals surface area contributed by atoms with E-state index in [2.05, 4.69) is 15.6 Å². The first-order chi connectivity index (χ1) is 16.0. The van der Waals surface area contributed by atoms with Gasteiger partial charge in [-0.15, -0.1) is 0 Å². The number of carbonyl (C=O) groups is 2. The number of carbonyl (C=O) groups excluding carboxylic acids is 2. The van der Waals surface area contributed by atoms with E-state index in [4.69, 9.17) is 9.51 Å². The Kier molecular flexibility index (Phi) is 5.16. The van der Waals surface area contributed by atoms with Crippen LogP contribution in [0.5, 0.6) is 0 Å². The quantitative estimate of drug-likeness (QED) is 0.519. The van der Waals surface area contributed by atoms with Crippen LogP contribution in [-0.2, 0) is 7.05 Å². The van der Waals surface area contributed by atoms with Crippen molar-refractivity contribution in [1.29, 1.82) is 0 Å². The van der Waals surface area contributed by atoms with E-state index in [1.807, 2.05) is 44.3 Å². The maximum Gasteiger partial charge on any atom is 0.276 e. The summed E-state index contributed by atoms with van der Waals surface area (Å²) in [6.07, 6.45) is 2.46. The number of aryl methyl sites for hydroxylation is 1. The van der Waals surface area contributed by atoms with Gasteiger partial charge in [-0.25, -0.2) is 0 Å². The molecule has 1 atom stereocenters. The number of rotatable bonds is 4. The predicted molar refractivity (Wildman–Crippen MR) is 122 cm³/mol. The van der Waals surface area contributed by atoms with E-state index in [0.717, 1.165) is 34.3 Å². The van der Waals surface area contributed by atoms with Crippen molar-refractivity contribution in [2.45, 2.75) is 19.3 Å². The zero-order valence-corrected chi connectivity index (χ0v) is 18.7. The molecular formula is C24H24N6O3. The van der Waals surface area contributed by atoms with Gasteiger partial charge in [0.15, 0.2) is 11.5 Å². The lowest BCUT2D eigenvalue weighted by atomic mass is 9.99. The largest absolute Gasteiger partial charge is 0.355 e. The summed E-state index contributed by atoms with van der Waals surface area (Å²) in [5.41, 5.74) is 4.19. The monoisotopic (exact) mass is 444 g/mol. The maximum atomic E-state index is 13.1. The molecule has 0 saturated carbocycles. The minimum Gasteiger partial charge on any atom is -0.355 e. The van der Waals surface area contributed by atoms with Crippen LogP contribution in [0.3, 0.4) is 0 Å². The zero-order valence-electron chi connectivity index (χ0n) is 18.7. The molecule has 1 aliphatic rings. The molecule has 2 amide bonds. The summed E-state index contributed by atoms with van der Waals surface area (Å²) in [6, 6.07) is 11.1. The van der Waals surface area contributed by atoms with Gasteiger partial charge in [-0.05, 0) is 25.5 Å². The molecule has 168 valence electrons. The normalized spacial score (nSPS) is 15.8. The summed E-state index contributed by atoms with van der Waals surface area (Å²) in [5, 5.41) is 11.7. The molecule has 1 saturated heterocycles. The number of likely N-dealkylation sites (tertiary alicyclic amines) is 1. The molecule has 1 aliphatic heterocycles. The van der Waals surface area contributed by atoms with Crippen molar-refractivity contribution in [2.75, 3.05) is 20.1 Å². The molecule has 1 N–H and O–H groups in total. The predicted octanol–water partition coefficient (Wildman–Crippen LogP) is 2.92. The van der Waals surface area contributed by atoms with E-state index >= 15 is 0 Å². The van der Waals surface area contributed by atoms with Gasteiger partial charge in [0.25, 0.3) is 11.8 Å². The molecule has 4 aromatic rings. The third kappa shape index (κ3) is 3.65. The van der Waals surface area contributed by atoms with Crippen molar-refractivity contribution in [1.82, 2.24) is 30.1 Å². The Hall–Kier alpha value is -4.01.